The summed E-state index contributed by atoms with van der Waals surface area (Å²) in [5, 5.41) is 9.74. The van der Waals surface area contributed by atoms with E-state index in [0.717, 1.165) is 11.1 Å². The summed E-state index contributed by atoms with van der Waals surface area (Å²) in [7, 11) is 1.81. The number of hydrogen-bond donors (Lipinski definition) is 2. The Morgan fingerprint density at radius 1 is 0.963 bits per heavy atom. The van der Waals surface area contributed by atoms with Gasteiger partial charge in [0.25, 0.3) is 0 Å². The third-order valence-electron chi connectivity index (χ3n) is 3.67. The molecule has 0 spiro atoms. The lowest BCUT2D eigenvalue weighted by Crippen LogP contribution is -2.07. The number of anilines is 2. The molecule has 1 heterocycles. The van der Waals surface area contributed by atoms with E-state index in [2.05, 4.69) is 20.7 Å². The maximum atomic E-state index is 12.1. The van der Waals surface area contributed by atoms with Crippen molar-refractivity contribution in [2.75, 3.05) is 10.6 Å². The summed E-state index contributed by atoms with van der Waals surface area (Å²) in [6, 6.07) is 14.5. The van der Waals surface area contributed by atoms with Crippen LogP contribution in [0.25, 0.3) is 17.5 Å². The average molecular weight is 361 g/mol. The number of benzene rings is 2. The zero-order valence-electron chi connectivity index (χ0n) is 15.0. The van der Waals surface area contributed by atoms with Crippen LogP contribution in [0.3, 0.4) is 0 Å². The van der Waals surface area contributed by atoms with E-state index in [0.29, 0.717) is 17.2 Å². The first-order valence-corrected chi connectivity index (χ1v) is 8.32. The molecule has 0 aliphatic carbocycles. The van der Waals surface area contributed by atoms with Gasteiger partial charge in [-0.3, -0.25) is 14.3 Å². The number of amides is 2. The lowest BCUT2D eigenvalue weighted by molar-refractivity contribution is -0.114. The van der Waals surface area contributed by atoms with Gasteiger partial charge in [0, 0.05) is 37.0 Å². The predicted octanol–water partition coefficient (Wildman–Crippen LogP) is 3.09. The quantitative estimate of drug-likeness (QED) is 0.684. The second-order valence-electron chi connectivity index (χ2n) is 5.94. The first-order valence-electron chi connectivity index (χ1n) is 8.32. The van der Waals surface area contributed by atoms with E-state index in [9.17, 15) is 9.59 Å². The maximum Gasteiger partial charge on any atom is 0.248 e. The van der Waals surface area contributed by atoms with Crippen LogP contribution in [0.5, 0.6) is 0 Å². The van der Waals surface area contributed by atoms with E-state index >= 15 is 0 Å². The molecular weight excluding hydrogens is 342 g/mol. The van der Waals surface area contributed by atoms with Crippen molar-refractivity contribution in [3.63, 3.8) is 0 Å². The molecule has 27 heavy (non-hydrogen) atoms. The zero-order chi connectivity index (χ0) is 19.2. The SMILES string of the molecule is CC(=O)Nc1ccc(/C=C/C(=O)Nc2ccc(-c3ncn(C)n3)cc2)cc1. The highest BCUT2D eigenvalue weighted by atomic mass is 16.2. The van der Waals surface area contributed by atoms with Crippen LogP contribution in [0.4, 0.5) is 11.4 Å². The van der Waals surface area contributed by atoms with Crippen LogP contribution >= 0.6 is 0 Å². The van der Waals surface area contributed by atoms with Gasteiger partial charge < -0.3 is 10.6 Å². The van der Waals surface area contributed by atoms with Gasteiger partial charge in [-0.05, 0) is 48.0 Å². The van der Waals surface area contributed by atoms with Crippen LogP contribution in [0, 0.1) is 0 Å². The Morgan fingerprint density at radius 3 is 2.19 bits per heavy atom. The van der Waals surface area contributed by atoms with Crippen LogP contribution in [-0.2, 0) is 16.6 Å². The van der Waals surface area contributed by atoms with Crippen molar-refractivity contribution < 1.29 is 9.59 Å². The summed E-state index contributed by atoms with van der Waals surface area (Å²) in [5.41, 5.74) is 3.14. The molecule has 0 aliphatic heterocycles. The first-order chi connectivity index (χ1) is 13.0. The summed E-state index contributed by atoms with van der Waals surface area (Å²) in [6.07, 6.45) is 4.80. The minimum absolute atomic E-state index is 0.123. The van der Waals surface area contributed by atoms with Crippen molar-refractivity contribution in [3.05, 3.63) is 66.5 Å². The van der Waals surface area contributed by atoms with E-state index in [1.165, 1.54) is 13.0 Å². The topological polar surface area (TPSA) is 88.9 Å². The summed E-state index contributed by atoms with van der Waals surface area (Å²) in [5.74, 6) is 0.283. The molecule has 0 bridgehead atoms. The molecule has 3 rings (SSSR count). The van der Waals surface area contributed by atoms with Gasteiger partial charge in [0.15, 0.2) is 5.82 Å². The van der Waals surface area contributed by atoms with Crippen molar-refractivity contribution in [2.24, 2.45) is 7.05 Å². The van der Waals surface area contributed by atoms with Gasteiger partial charge in [0.1, 0.15) is 6.33 Å². The molecule has 2 amide bonds. The molecule has 136 valence electrons. The van der Waals surface area contributed by atoms with Crippen LogP contribution in [0.2, 0.25) is 0 Å². The molecule has 2 N–H and O–H groups in total. The fourth-order valence-electron chi connectivity index (χ4n) is 2.41. The maximum absolute atomic E-state index is 12.1. The second-order valence-corrected chi connectivity index (χ2v) is 5.94. The lowest BCUT2D eigenvalue weighted by Gasteiger charge is -2.03. The molecule has 0 unspecified atom stereocenters. The summed E-state index contributed by atoms with van der Waals surface area (Å²) in [6.45, 7) is 1.46. The van der Waals surface area contributed by atoms with Crippen LogP contribution in [0.1, 0.15) is 12.5 Å². The van der Waals surface area contributed by atoms with Gasteiger partial charge in [-0.15, -0.1) is 0 Å². The Balaban J connectivity index is 1.58. The molecule has 0 radical (unpaired) electrons. The standard InChI is InChI=1S/C20H19N5O2/c1-14(26)22-17-8-3-15(4-9-17)5-12-19(27)23-18-10-6-16(7-11-18)20-21-13-25(2)24-20/h3-13H,1-2H3,(H,22,26)(H,23,27)/b12-5+. The molecular formula is C20H19N5O2. The Bertz CT molecular complexity index is 972. The van der Waals surface area contributed by atoms with Crippen LogP contribution in [-0.4, -0.2) is 26.6 Å². The van der Waals surface area contributed by atoms with Gasteiger partial charge >= 0.3 is 0 Å². The predicted molar refractivity (Wildman–Crippen MR) is 105 cm³/mol. The molecule has 0 saturated heterocycles. The number of nitrogens with one attached hydrogen (secondary N) is 2. The number of nitrogens with zero attached hydrogens (tertiary/aromatic N) is 3. The highest BCUT2D eigenvalue weighted by Crippen LogP contribution is 2.17. The number of aromatic nitrogens is 3. The third-order valence-corrected chi connectivity index (χ3v) is 3.67. The minimum Gasteiger partial charge on any atom is -0.326 e. The molecule has 3 aromatic rings. The molecule has 0 aliphatic rings. The highest BCUT2D eigenvalue weighted by molar-refractivity contribution is 6.02. The summed E-state index contributed by atoms with van der Waals surface area (Å²) < 4.78 is 1.64. The largest absolute Gasteiger partial charge is 0.326 e. The van der Waals surface area contributed by atoms with Gasteiger partial charge in [0.05, 0.1) is 0 Å². The monoisotopic (exact) mass is 361 g/mol. The minimum atomic E-state index is -0.232. The first kappa shape index (κ1) is 18.1. The van der Waals surface area contributed by atoms with E-state index in [-0.39, 0.29) is 11.8 Å². The van der Waals surface area contributed by atoms with Crippen molar-refractivity contribution in [2.45, 2.75) is 6.92 Å². The van der Waals surface area contributed by atoms with E-state index in [4.69, 9.17) is 0 Å². The Hall–Kier alpha value is -3.74. The third kappa shape index (κ3) is 5.12. The number of rotatable bonds is 5. The molecule has 2 aromatic carbocycles. The lowest BCUT2D eigenvalue weighted by atomic mass is 10.2. The van der Waals surface area contributed by atoms with Crippen LogP contribution < -0.4 is 10.6 Å². The van der Waals surface area contributed by atoms with Gasteiger partial charge in [-0.25, -0.2) is 4.98 Å². The summed E-state index contributed by atoms with van der Waals surface area (Å²) in [4.78, 5) is 27.3. The van der Waals surface area contributed by atoms with Gasteiger partial charge in [-0.1, -0.05) is 12.1 Å². The van der Waals surface area contributed by atoms with Crippen molar-refractivity contribution >= 4 is 29.3 Å². The van der Waals surface area contributed by atoms with Gasteiger partial charge in [-0.2, -0.15) is 5.10 Å². The second kappa shape index (κ2) is 8.09. The normalized spacial score (nSPS) is 10.7. The fourth-order valence-corrected chi connectivity index (χ4v) is 2.41. The number of hydrogen-bond acceptors (Lipinski definition) is 4. The van der Waals surface area contributed by atoms with E-state index in [1.807, 2.05) is 31.3 Å². The number of carbonyl (C=O) groups is 2. The summed E-state index contributed by atoms with van der Waals surface area (Å²) >= 11 is 0. The molecule has 0 saturated carbocycles. The Labute approximate surface area is 156 Å². The smallest absolute Gasteiger partial charge is 0.248 e. The molecule has 1 aromatic heterocycles. The van der Waals surface area contributed by atoms with Crippen LogP contribution in [0.15, 0.2) is 60.9 Å². The average Bonchev–Trinajstić information content (AvgIpc) is 3.08. The van der Waals surface area contributed by atoms with Crippen molar-refractivity contribution in [1.29, 1.82) is 0 Å². The van der Waals surface area contributed by atoms with Gasteiger partial charge in [0.2, 0.25) is 11.8 Å². The zero-order valence-corrected chi connectivity index (χ0v) is 15.0. The fraction of sp³-hybridized carbons (Fsp3) is 0.100. The highest BCUT2D eigenvalue weighted by Gasteiger charge is 2.04. The molecule has 0 atom stereocenters. The molecule has 7 heteroatoms. The molecule has 7 nitrogen and oxygen atoms in total. The number of carbonyl (C=O) groups excluding carboxylic acids is 2. The molecule has 0 fully saturated rings. The number of aryl methyl sites for hydroxylation is 1. The van der Waals surface area contributed by atoms with Crippen molar-refractivity contribution in [3.8, 4) is 11.4 Å². The van der Waals surface area contributed by atoms with E-state index < -0.39 is 0 Å². The van der Waals surface area contributed by atoms with Crippen molar-refractivity contribution in [1.82, 2.24) is 14.8 Å². The van der Waals surface area contributed by atoms with E-state index in [1.54, 1.807) is 41.4 Å². The Morgan fingerprint density at radius 2 is 1.59 bits per heavy atom. The Kier molecular flexibility index (Phi) is 5.41.